The van der Waals surface area contributed by atoms with Crippen LogP contribution in [0.25, 0.3) is 0 Å². The molecule has 3 aliphatic rings. The number of phenols is 1. The van der Waals surface area contributed by atoms with Crippen LogP contribution in [0.2, 0.25) is 0 Å². The lowest BCUT2D eigenvalue weighted by molar-refractivity contribution is -0.114. The second-order valence-corrected chi connectivity index (χ2v) is 10.2. The molecule has 5 rings (SSSR count). The summed E-state index contributed by atoms with van der Waals surface area (Å²) in [5.41, 5.74) is 4.68. The molecule has 1 N–H and O–H groups in total. The van der Waals surface area contributed by atoms with Crippen LogP contribution in [-0.4, -0.2) is 30.1 Å². The van der Waals surface area contributed by atoms with E-state index in [1.165, 1.54) is 48.9 Å². The third-order valence-corrected chi connectivity index (χ3v) is 8.29. The smallest absolute Gasteiger partial charge is 0.123 e. The van der Waals surface area contributed by atoms with Crippen molar-refractivity contribution in [2.45, 2.75) is 70.0 Å². The van der Waals surface area contributed by atoms with Crippen LogP contribution >= 0.6 is 0 Å². The van der Waals surface area contributed by atoms with Gasteiger partial charge < -0.3 is 19.5 Å². The van der Waals surface area contributed by atoms with Crippen molar-refractivity contribution in [2.24, 2.45) is 11.8 Å². The number of aldehydes is 1. The second-order valence-electron chi connectivity index (χ2n) is 10.2. The molecule has 0 bridgehead atoms. The van der Waals surface area contributed by atoms with E-state index in [2.05, 4.69) is 42.2 Å². The monoisotopic (exact) mass is 433 g/mol. The van der Waals surface area contributed by atoms with Gasteiger partial charge in [-0.1, -0.05) is 37.5 Å². The third kappa shape index (κ3) is 3.94. The van der Waals surface area contributed by atoms with Gasteiger partial charge in [0.2, 0.25) is 0 Å². The fraction of sp³-hybridized carbons (Fsp3) is 0.536. The van der Waals surface area contributed by atoms with Gasteiger partial charge in [-0.25, -0.2) is 0 Å². The molecule has 2 heterocycles. The van der Waals surface area contributed by atoms with Gasteiger partial charge in [0.15, 0.2) is 0 Å². The Morgan fingerprint density at radius 2 is 1.72 bits per heavy atom. The van der Waals surface area contributed by atoms with Crippen molar-refractivity contribution in [1.82, 2.24) is 0 Å². The highest BCUT2D eigenvalue weighted by Crippen LogP contribution is 2.51. The highest BCUT2D eigenvalue weighted by atomic mass is 16.5. The number of anilines is 1. The molecule has 0 radical (unpaired) electrons. The molecule has 4 nitrogen and oxygen atoms in total. The van der Waals surface area contributed by atoms with Crippen LogP contribution in [-0.2, 0) is 16.1 Å². The normalized spacial score (nSPS) is 27.2. The number of aromatic hydroxyl groups is 1. The van der Waals surface area contributed by atoms with Crippen LogP contribution in [0, 0.1) is 11.8 Å². The maximum atomic E-state index is 11.1. The number of rotatable bonds is 4. The van der Waals surface area contributed by atoms with Crippen molar-refractivity contribution >= 4 is 12.0 Å². The average molecular weight is 434 g/mol. The van der Waals surface area contributed by atoms with Gasteiger partial charge in [-0.2, -0.15) is 0 Å². The summed E-state index contributed by atoms with van der Waals surface area (Å²) < 4.78 is 6.67. The van der Waals surface area contributed by atoms with Crippen molar-refractivity contribution in [3.8, 4) is 5.75 Å². The minimum absolute atomic E-state index is 0.157. The molecule has 2 aromatic carbocycles. The first-order valence-electron chi connectivity index (χ1n) is 12.3. The van der Waals surface area contributed by atoms with Crippen molar-refractivity contribution in [2.75, 3.05) is 18.0 Å². The predicted octanol–water partition coefficient (Wildman–Crippen LogP) is 5.81. The van der Waals surface area contributed by atoms with E-state index < -0.39 is 0 Å². The van der Waals surface area contributed by atoms with E-state index in [9.17, 15) is 9.90 Å². The summed E-state index contributed by atoms with van der Waals surface area (Å²) >= 11 is 0. The molecule has 0 aromatic heterocycles. The first-order valence-corrected chi connectivity index (χ1v) is 12.3. The number of ether oxygens (including phenoxy) is 1. The number of hydrogen-bond donors (Lipinski definition) is 1. The molecule has 1 aliphatic carbocycles. The molecule has 2 aliphatic heterocycles. The summed E-state index contributed by atoms with van der Waals surface area (Å²) in [4.78, 5) is 13.5. The van der Waals surface area contributed by atoms with Gasteiger partial charge in [0, 0.05) is 30.6 Å². The van der Waals surface area contributed by atoms with Gasteiger partial charge in [0.25, 0.3) is 0 Å². The van der Waals surface area contributed by atoms with Gasteiger partial charge in [0.05, 0.1) is 12.2 Å². The van der Waals surface area contributed by atoms with Crippen LogP contribution in [0.5, 0.6) is 5.75 Å². The Morgan fingerprint density at radius 3 is 2.41 bits per heavy atom. The Kier molecular flexibility index (Phi) is 5.98. The summed E-state index contributed by atoms with van der Waals surface area (Å²) in [6.07, 6.45) is 9.36. The Hall–Kier alpha value is -2.33. The Balaban J connectivity index is 1.47. The number of nitrogens with zero attached hydrogens (tertiary/aromatic N) is 1. The summed E-state index contributed by atoms with van der Waals surface area (Å²) in [5, 5.41) is 10.1. The maximum absolute atomic E-state index is 11.1. The quantitative estimate of drug-likeness (QED) is 0.618. The SMILES string of the molecule is C[C@@]1(C2CCCCC2)OCc2cc(O)ccc2[C@H]1c1ccc(N2CCC(C=O)CC2)cc1. The molecule has 32 heavy (non-hydrogen) atoms. The number of piperidine rings is 1. The summed E-state index contributed by atoms with van der Waals surface area (Å²) in [6.45, 7) is 4.77. The predicted molar refractivity (Wildman–Crippen MR) is 127 cm³/mol. The summed E-state index contributed by atoms with van der Waals surface area (Å²) in [5.74, 6) is 1.23. The number of phenolic OH excluding ortho intramolecular Hbond substituents is 1. The largest absolute Gasteiger partial charge is 0.508 e. The molecule has 2 fully saturated rings. The fourth-order valence-electron chi connectivity index (χ4n) is 6.34. The molecule has 0 unspecified atom stereocenters. The third-order valence-electron chi connectivity index (χ3n) is 8.29. The highest BCUT2D eigenvalue weighted by molar-refractivity contribution is 5.56. The number of carbonyl (C=O) groups is 1. The Labute approximate surface area is 191 Å². The van der Waals surface area contributed by atoms with E-state index in [-0.39, 0.29) is 17.4 Å². The van der Waals surface area contributed by atoms with Gasteiger partial charge >= 0.3 is 0 Å². The first-order chi connectivity index (χ1) is 15.6. The molecule has 1 saturated carbocycles. The fourth-order valence-corrected chi connectivity index (χ4v) is 6.34. The minimum atomic E-state index is -0.242. The van der Waals surface area contributed by atoms with Gasteiger partial charge in [0.1, 0.15) is 12.0 Å². The minimum Gasteiger partial charge on any atom is -0.508 e. The van der Waals surface area contributed by atoms with Crippen LogP contribution in [0.3, 0.4) is 0 Å². The lowest BCUT2D eigenvalue weighted by Crippen LogP contribution is -2.47. The topological polar surface area (TPSA) is 49.8 Å². The van der Waals surface area contributed by atoms with Crippen LogP contribution in [0.15, 0.2) is 42.5 Å². The van der Waals surface area contributed by atoms with Crippen LogP contribution in [0.1, 0.15) is 74.5 Å². The van der Waals surface area contributed by atoms with E-state index in [0.717, 1.165) is 37.8 Å². The number of hydrogen-bond acceptors (Lipinski definition) is 4. The van der Waals surface area contributed by atoms with Crippen molar-refractivity contribution < 1.29 is 14.6 Å². The molecule has 0 spiro atoms. The van der Waals surface area contributed by atoms with E-state index in [1.54, 1.807) is 0 Å². The first kappa shape index (κ1) is 21.5. The molecule has 1 saturated heterocycles. The number of fused-ring (bicyclic) bond motifs is 1. The number of benzene rings is 2. The molecule has 0 amide bonds. The highest BCUT2D eigenvalue weighted by Gasteiger charge is 2.47. The summed E-state index contributed by atoms with van der Waals surface area (Å²) in [6, 6.07) is 14.8. The summed E-state index contributed by atoms with van der Waals surface area (Å²) in [7, 11) is 0. The van der Waals surface area contributed by atoms with E-state index in [0.29, 0.717) is 18.3 Å². The van der Waals surface area contributed by atoms with Crippen molar-refractivity contribution in [3.63, 3.8) is 0 Å². The zero-order valence-electron chi connectivity index (χ0n) is 19.1. The van der Waals surface area contributed by atoms with Crippen molar-refractivity contribution in [3.05, 3.63) is 59.2 Å². The molecular weight excluding hydrogens is 398 g/mol. The molecule has 4 heteroatoms. The molecule has 2 atom stereocenters. The van der Waals surface area contributed by atoms with Crippen molar-refractivity contribution in [1.29, 1.82) is 0 Å². The Morgan fingerprint density at radius 1 is 1.00 bits per heavy atom. The van der Waals surface area contributed by atoms with Gasteiger partial charge in [-0.15, -0.1) is 0 Å². The van der Waals surface area contributed by atoms with E-state index in [1.807, 2.05) is 12.1 Å². The molecule has 170 valence electrons. The van der Waals surface area contributed by atoms with Crippen LogP contribution < -0.4 is 4.90 Å². The average Bonchev–Trinajstić information content (AvgIpc) is 2.85. The molecular formula is C28H35NO3. The zero-order valence-corrected chi connectivity index (χ0v) is 19.1. The second kappa shape index (κ2) is 8.90. The maximum Gasteiger partial charge on any atom is 0.123 e. The van der Waals surface area contributed by atoms with Gasteiger partial charge in [-0.05, 0) is 79.5 Å². The Bertz CT molecular complexity index is 942. The van der Waals surface area contributed by atoms with E-state index in [4.69, 9.17) is 4.74 Å². The lowest BCUT2D eigenvalue weighted by atomic mass is 9.65. The van der Waals surface area contributed by atoms with E-state index >= 15 is 0 Å². The van der Waals surface area contributed by atoms with Crippen LogP contribution in [0.4, 0.5) is 5.69 Å². The number of carbonyl (C=O) groups excluding carboxylic acids is 1. The molecule has 2 aromatic rings. The zero-order chi connectivity index (χ0) is 22.1. The lowest BCUT2D eigenvalue weighted by Gasteiger charge is -2.49. The standard InChI is InChI=1S/C28H35NO3/c1-28(23-5-3-2-4-6-23)27(26-12-11-25(31)17-22(26)19-32-28)21-7-9-24(10-8-21)29-15-13-20(18-30)14-16-29/h7-12,17-18,20,23,27,31H,2-6,13-16,19H2,1H3/t27-,28+/m1/s1. The van der Waals surface area contributed by atoms with Gasteiger partial charge in [-0.3, -0.25) is 0 Å².